The number of fused-ring (bicyclic) bond motifs is 7. The van der Waals surface area contributed by atoms with Crippen LogP contribution in [-0.4, -0.2) is 6.71 Å². The van der Waals surface area contributed by atoms with Crippen LogP contribution in [0.4, 0.5) is 51.2 Å². The standard InChI is InChI=1S/C63H66BN3S/c1-40(2)41-23-28-47(29-24-41)67-55-37-48(65(44-19-15-13-16-20-44)45-21-17-14-18-22-45)36-54-57(55)64(59-58(67)49-35-43(61(6,7)8)27-32-56(49)68-59)52-38-50-51(63(11,12)34-33-62(50,9)10)39-53(52)66(54)46-30-25-42(26-31-46)60(3,4)5/h13-32,35-40H,33-34H2,1-12H3/i13D,15D,16D,19D,20D. The zero-order chi connectivity index (χ0) is 52.0. The average molecular weight is 913 g/mol. The number of thiophene rings is 1. The summed E-state index contributed by atoms with van der Waals surface area (Å²) in [5, 5.41) is 1.20. The highest BCUT2D eigenvalue weighted by Crippen LogP contribution is 2.53. The van der Waals surface area contributed by atoms with Crippen molar-refractivity contribution in [1.82, 2.24) is 0 Å². The Hall–Kier alpha value is -6.04. The summed E-state index contributed by atoms with van der Waals surface area (Å²) >= 11 is 1.90. The van der Waals surface area contributed by atoms with E-state index in [1.165, 1.54) is 53.6 Å². The summed E-state index contributed by atoms with van der Waals surface area (Å²) in [6, 6.07) is 42.8. The largest absolute Gasteiger partial charge is 0.311 e. The van der Waals surface area contributed by atoms with Crippen molar-refractivity contribution in [2.24, 2.45) is 0 Å². The van der Waals surface area contributed by atoms with Crippen LogP contribution in [0.15, 0.2) is 152 Å². The zero-order valence-electron chi connectivity index (χ0n) is 46.9. The maximum Gasteiger partial charge on any atom is 0.264 e. The van der Waals surface area contributed by atoms with E-state index in [9.17, 15) is 2.74 Å². The molecule has 0 spiro atoms. The van der Waals surface area contributed by atoms with Gasteiger partial charge in [0.05, 0.1) is 18.2 Å². The van der Waals surface area contributed by atoms with Gasteiger partial charge in [-0.15, -0.1) is 11.3 Å². The van der Waals surface area contributed by atoms with E-state index in [-0.39, 0.29) is 58.2 Å². The van der Waals surface area contributed by atoms with Crippen LogP contribution in [0.5, 0.6) is 0 Å². The molecule has 5 heteroatoms. The smallest absolute Gasteiger partial charge is 0.264 e. The molecule has 8 aromatic rings. The summed E-state index contributed by atoms with van der Waals surface area (Å²) in [4.78, 5) is 6.84. The highest BCUT2D eigenvalue weighted by Gasteiger charge is 2.48. The van der Waals surface area contributed by atoms with Gasteiger partial charge in [-0.3, -0.25) is 0 Å². The molecule has 3 nitrogen and oxygen atoms in total. The molecule has 0 saturated carbocycles. The molecule has 0 radical (unpaired) electrons. The molecule has 68 heavy (non-hydrogen) atoms. The van der Waals surface area contributed by atoms with Crippen LogP contribution in [-0.2, 0) is 21.7 Å². The lowest BCUT2D eigenvalue weighted by atomic mass is 9.35. The van der Waals surface area contributed by atoms with Gasteiger partial charge in [0, 0.05) is 54.7 Å². The summed E-state index contributed by atoms with van der Waals surface area (Å²) in [7, 11) is 0. The zero-order valence-corrected chi connectivity index (χ0v) is 42.7. The molecule has 0 atom stereocenters. The molecule has 2 aliphatic heterocycles. The lowest BCUT2D eigenvalue weighted by Crippen LogP contribution is -2.61. The van der Waals surface area contributed by atoms with Crippen LogP contribution in [0.3, 0.4) is 0 Å². The predicted molar refractivity (Wildman–Crippen MR) is 297 cm³/mol. The number of nitrogens with zero attached hydrogens (tertiary/aromatic N) is 3. The Morgan fingerprint density at radius 3 is 1.79 bits per heavy atom. The van der Waals surface area contributed by atoms with Crippen LogP contribution in [0.2, 0.25) is 0 Å². The first-order valence-corrected chi connectivity index (χ1v) is 25.4. The summed E-state index contributed by atoms with van der Waals surface area (Å²) in [5.41, 5.74) is 16.5. The third kappa shape index (κ3) is 7.22. The van der Waals surface area contributed by atoms with E-state index < -0.39 is 6.04 Å². The molecule has 1 aromatic heterocycles. The van der Waals surface area contributed by atoms with E-state index >= 15 is 0 Å². The molecular weight excluding hydrogens is 842 g/mol. The second-order valence-electron chi connectivity index (χ2n) is 23.2. The van der Waals surface area contributed by atoms with Crippen molar-refractivity contribution in [1.29, 1.82) is 0 Å². The first-order chi connectivity index (χ1) is 34.4. The summed E-state index contributed by atoms with van der Waals surface area (Å²) in [6.45, 7) is 27.6. The number of hydrogen-bond donors (Lipinski definition) is 0. The van der Waals surface area contributed by atoms with Crippen molar-refractivity contribution in [2.45, 2.75) is 124 Å². The van der Waals surface area contributed by atoms with E-state index in [1.54, 1.807) is 0 Å². The van der Waals surface area contributed by atoms with E-state index in [1.807, 2.05) is 46.6 Å². The molecule has 0 amide bonds. The molecule has 7 aromatic carbocycles. The van der Waals surface area contributed by atoms with Crippen molar-refractivity contribution < 1.29 is 6.85 Å². The SMILES string of the molecule is [2H]c1c([2H])c([2H])c(N(c2ccccc2)c2cc3c4c(c2)N(c2ccc(C(C)C)cc2)c2c(sc5ccc(C(C)(C)C)cc25)B4c2cc4c(cc2N3c2ccc(C(C)(C)C)cc2)C(C)(C)CCC4(C)C)c([2H])c1[2H]. The van der Waals surface area contributed by atoms with Crippen molar-refractivity contribution in [3.8, 4) is 0 Å². The molecule has 342 valence electrons. The fourth-order valence-electron chi connectivity index (χ4n) is 11.1. The molecular formula is C63H66BN3S. The van der Waals surface area contributed by atoms with Gasteiger partial charge < -0.3 is 14.7 Å². The Morgan fingerprint density at radius 1 is 0.603 bits per heavy atom. The fourth-order valence-corrected chi connectivity index (χ4v) is 12.4. The topological polar surface area (TPSA) is 9.72 Å². The van der Waals surface area contributed by atoms with E-state index in [0.717, 1.165) is 47.0 Å². The summed E-state index contributed by atoms with van der Waals surface area (Å²) in [6.07, 6.45) is 2.17. The minimum Gasteiger partial charge on any atom is -0.311 e. The number of benzene rings is 7. The Balaban J connectivity index is 1.34. The van der Waals surface area contributed by atoms with Gasteiger partial charge in [0.25, 0.3) is 6.71 Å². The predicted octanol–water partition coefficient (Wildman–Crippen LogP) is 16.5. The van der Waals surface area contributed by atoms with Crippen molar-refractivity contribution >= 4 is 95.0 Å². The van der Waals surface area contributed by atoms with Gasteiger partial charge in [-0.05, 0) is 158 Å². The molecule has 0 bridgehead atoms. The van der Waals surface area contributed by atoms with Gasteiger partial charge in [0.1, 0.15) is 0 Å². The van der Waals surface area contributed by atoms with E-state index in [0.29, 0.717) is 17.3 Å². The maximum atomic E-state index is 9.53. The summed E-state index contributed by atoms with van der Waals surface area (Å²) in [5.74, 6) is 0.342. The summed E-state index contributed by atoms with van der Waals surface area (Å²) < 4.78 is 48.2. The first-order valence-electron chi connectivity index (χ1n) is 27.0. The molecule has 0 N–H and O–H groups in total. The molecule has 11 rings (SSSR count). The first kappa shape index (κ1) is 38.9. The second kappa shape index (κ2) is 15.8. The Bertz CT molecular complexity index is 3500. The second-order valence-corrected chi connectivity index (χ2v) is 24.3. The Morgan fingerprint density at radius 2 is 1.18 bits per heavy atom. The average Bonchev–Trinajstić information content (AvgIpc) is 3.73. The maximum absolute atomic E-state index is 9.53. The molecule has 3 aliphatic rings. The van der Waals surface area contributed by atoms with Gasteiger partial charge in [-0.2, -0.15) is 0 Å². The van der Waals surface area contributed by atoms with Gasteiger partial charge in [0.15, 0.2) is 0 Å². The number of anilines is 9. The monoisotopic (exact) mass is 913 g/mol. The number of hydrogen-bond acceptors (Lipinski definition) is 4. The number of rotatable bonds is 6. The third-order valence-corrected chi connectivity index (χ3v) is 16.5. The van der Waals surface area contributed by atoms with E-state index in [4.69, 9.17) is 4.11 Å². The third-order valence-electron chi connectivity index (χ3n) is 15.3. The molecule has 0 saturated heterocycles. The highest BCUT2D eigenvalue weighted by atomic mass is 32.1. The van der Waals surface area contributed by atoms with Crippen LogP contribution in [0.1, 0.15) is 137 Å². The normalized spacial score (nSPS) is 16.8. The Kier molecular flexibility index (Phi) is 9.01. The lowest BCUT2D eigenvalue weighted by molar-refractivity contribution is 0.332. The van der Waals surface area contributed by atoms with Gasteiger partial charge in [-0.25, -0.2) is 0 Å². The number of para-hydroxylation sites is 2. The van der Waals surface area contributed by atoms with Crippen LogP contribution < -0.4 is 30.4 Å². The van der Waals surface area contributed by atoms with Gasteiger partial charge in [0.2, 0.25) is 0 Å². The van der Waals surface area contributed by atoms with E-state index in [2.05, 4.69) is 184 Å². The minimum atomic E-state index is -0.423. The Labute approximate surface area is 417 Å². The fraction of sp³-hybridized carbons (Fsp3) is 0.302. The van der Waals surface area contributed by atoms with Gasteiger partial charge in [-0.1, -0.05) is 156 Å². The van der Waals surface area contributed by atoms with Crippen LogP contribution >= 0.6 is 11.3 Å². The van der Waals surface area contributed by atoms with Crippen LogP contribution in [0, 0.1) is 0 Å². The highest BCUT2D eigenvalue weighted by molar-refractivity contribution is 7.33. The van der Waals surface area contributed by atoms with Crippen molar-refractivity contribution in [2.75, 3.05) is 14.7 Å². The van der Waals surface area contributed by atoms with Crippen molar-refractivity contribution in [3.63, 3.8) is 0 Å². The molecule has 3 heterocycles. The quantitative estimate of drug-likeness (QED) is 0.154. The molecule has 0 fully saturated rings. The van der Waals surface area contributed by atoms with Crippen LogP contribution in [0.25, 0.3) is 10.1 Å². The minimum absolute atomic E-state index is 0.0460. The van der Waals surface area contributed by atoms with Crippen molar-refractivity contribution in [3.05, 3.63) is 179 Å². The lowest BCUT2D eigenvalue weighted by Gasteiger charge is -2.47. The molecule has 0 unspecified atom stereocenters. The van der Waals surface area contributed by atoms with Gasteiger partial charge >= 0.3 is 0 Å². The molecule has 1 aliphatic carbocycles.